The number of alkyl carbamates (subject to hydrolysis) is 1. The summed E-state index contributed by atoms with van der Waals surface area (Å²) >= 11 is 0. The standard InChI is InChI=1S/C42H55F2N5O10S/c1-23-10-7-8-11-25-21-42(25,38(52)48-60(54,55)41(5)15-16-41)47-33(50)31-20-27(22-49(31)36(51)32(24(2)18-23)45-39(53)59-40(3,4)37(43)44)58-35-29-14-13-26(56-6)19-30(29)28-12-9-17-57-34(28)46-35/h8,11,13-14,19,23-25,27,31-32,37H,7,9-10,12,15-18,20-22H2,1-6H3,(H,45,53)(H,47,50)(H,48,52)/b11-8-/t23-,24+,25+,27+,31-,32-,42+/m0/s1. The number of carbonyl (C=O) groups is 4. The van der Waals surface area contributed by atoms with Gasteiger partial charge in [0.05, 0.1) is 25.0 Å². The van der Waals surface area contributed by atoms with Crippen molar-refractivity contribution in [3.8, 4) is 17.5 Å². The molecule has 2 saturated carbocycles. The number of pyridine rings is 1. The smallest absolute Gasteiger partial charge is 0.408 e. The molecule has 18 heteroatoms. The van der Waals surface area contributed by atoms with Gasteiger partial charge < -0.3 is 34.5 Å². The predicted molar refractivity (Wildman–Crippen MR) is 215 cm³/mol. The van der Waals surface area contributed by atoms with Crippen LogP contribution >= 0.6 is 0 Å². The van der Waals surface area contributed by atoms with E-state index in [1.165, 1.54) is 4.90 Å². The van der Waals surface area contributed by atoms with E-state index in [4.69, 9.17) is 23.9 Å². The maximum atomic E-state index is 14.9. The number of aryl methyl sites for hydroxylation is 1. The summed E-state index contributed by atoms with van der Waals surface area (Å²) in [6.45, 7) is 7.72. The number of allylic oxidation sites excluding steroid dienone is 1. The first-order chi connectivity index (χ1) is 28.3. The molecule has 3 N–H and O–H groups in total. The molecule has 60 heavy (non-hydrogen) atoms. The van der Waals surface area contributed by atoms with Crippen molar-refractivity contribution in [1.82, 2.24) is 25.2 Å². The number of nitrogens with zero attached hydrogens (tertiary/aromatic N) is 2. The number of methoxy groups -OCH3 is 1. The van der Waals surface area contributed by atoms with E-state index in [2.05, 4.69) is 15.4 Å². The Kier molecular flexibility index (Phi) is 11.8. The number of hydrogen-bond acceptors (Lipinski definition) is 11. The zero-order valence-corrected chi connectivity index (χ0v) is 35.7. The highest BCUT2D eigenvalue weighted by Crippen LogP contribution is 2.48. The Bertz CT molecular complexity index is 2180. The summed E-state index contributed by atoms with van der Waals surface area (Å²) in [5, 5.41) is 6.86. The molecular formula is C42H55F2N5O10S. The first kappa shape index (κ1) is 43.4. The average molecular weight is 860 g/mol. The van der Waals surface area contributed by atoms with Crippen molar-refractivity contribution >= 4 is 44.6 Å². The number of carbonyl (C=O) groups excluding carboxylic acids is 4. The molecule has 5 aliphatic rings. The number of alkyl halides is 2. The van der Waals surface area contributed by atoms with Gasteiger partial charge in [-0.15, -0.1) is 0 Å². The van der Waals surface area contributed by atoms with Crippen molar-refractivity contribution in [3.05, 3.63) is 35.9 Å². The number of amides is 4. The lowest BCUT2D eigenvalue weighted by molar-refractivity contribution is -0.142. The second-order valence-electron chi connectivity index (χ2n) is 17.9. The molecule has 4 amide bonds. The number of sulfonamides is 1. The van der Waals surface area contributed by atoms with Crippen LogP contribution in [0.4, 0.5) is 13.6 Å². The Morgan fingerprint density at radius 1 is 1.13 bits per heavy atom. The highest BCUT2D eigenvalue weighted by atomic mass is 32.2. The largest absolute Gasteiger partial charge is 0.497 e. The fourth-order valence-corrected chi connectivity index (χ4v) is 9.80. The second kappa shape index (κ2) is 16.3. The highest BCUT2D eigenvalue weighted by Gasteiger charge is 2.63. The Morgan fingerprint density at radius 2 is 1.88 bits per heavy atom. The fourth-order valence-electron chi connectivity index (χ4n) is 8.48. The number of benzene rings is 1. The van der Waals surface area contributed by atoms with Crippen LogP contribution in [-0.2, 0) is 35.6 Å². The van der Waals surface area contributed by atoms with Gasteiger partial charge in [0.1, 0.15) is 29.5 Å². The Balaban J connectivity index is 1.25. The van der Waals surface area contributed by atoms with Gasteiger partial charge >= 0.3 is 6.09 Å². The first-order valence-corrected chi connectivity index (χ1v) is 22.2. The van der Waals surface area contributed by atoms with Gasteiger partial charge in [0.25, 0.3) is 12.3 Å². The van der Waals surface area contributed by atoms with Crippen molar-refractivity contribution in [1.29, 1.82) is 0 Å². The SMILES string of the molecule is COc1ccc2c(O[C@@H]3C[C@H]4C(=O)N[C@]5(C(=O)NS(=O)(=O)C6(C)CC6)C[C@H]5/C=C\CC[C@H](C)C[C@@H](C)[C@H](NC(=O)OC(C)(C)C(F)F)C(=O)N4C3)nc3c(c2c1)CCCO3. The van der Waals surface area contributed by atoms with Crippen LogP contribution in [0.5, 0.6) is 17.5 Å². The highest BCUT2D eigenvalue weighted by molar-refractivity contribution is 7.91. The molecule has 0 spiro atoms. The summed E-state index contributed by atoms with van der Waals surface area (Å²) in [6.07, 6.45) is 2.66. The van der Waals surface area contributed by atoms with Gasteiger partial charge in [-0.1, -0.05) is 26.0 Å². The molecule has 0 unspecified atom stereocenters. The van der Waals surface area contributed by atoms with Gasteiger partial charge in [0.15, 0.2) is 5.60 Å². The minimum Gasteiger partial charge on any atom is -0.497 e. The maximum absolute atomic E-state index is 14.9. The quantitative estimate of drug-likeness (QED) is 0.290. The number of rotatable bonds is 9. The molecule has 4 heterocycles. The molecule has 3 fully saturated rings. The molecule has 2 aromatic rings. The van der Waals surface area contributed by atoms with Crippen LogP contribution < -0.4 is 29.6 Å². The van der Waals surface area contributed by atoms with Gasteiger partial charge in [-0.3, -0.25) is 19.1 Å². The van der Waals surface area contributed by atoms with E-state index in [1.54, 1.807) is 27.0 Å². The van der Waals surface area contributed by atoms with Gasteiger partial charge in [-0.05, 0) is 108 Å². The third-order valence-corrected chi connectivity index (χ3v) is 14.9. The molecular weight excluding hydrogens is 805 g/mol. The number of aromatic nitrogens is 1. The van der Waals surface area contributed by atoms with Crippen LogP contribution in [0.15, 0.2) is 30.4 Å². The zero-order chi connectivity index (χ0) is 43.4. The number of halogens is 2. The van der Waals surface area contributed by atoms with E-state index in [1.807, 2.05) is 31.2 Å². The molecule has 15 nitrogen and oxygen atoms in total. The number of ether oxygens (including phenoxy) is 4. The minimum absolute atomic E-state index is 0.0199. The fraction of sp³-hybridized carbons (Fsp3) is 0.643. The maximum Gasteiger partial charge on any atom is 0.408 e. The van der Waals surface area contributed by atoms with E-state index in [-0.39, 0.29) is 31.2 Å². The molecule has 1 saturated heterocycles. The average Bonchev–Trinajstić information content (AvgIpc) is 4.07. The molecule has 1 aromatic carbocycles. The molecule has 2 aliphatic carbocycles. The van der Waals surface area contributed by atoms with Crippen molar-refractivity contribution in [2.24, 2.45) is 17.8 Å². The lowest BCUT2D eigenvalue weighted by Gasteiger charge is -2.33. The summed E-state index contributed by atoms with van der Waals surface area (Å²) in [7, 11) is -2.50. The molecule has 7 atom stereocenters. The van der Waals surface area contributed by atoms with Crippen molar-refractivity contribution in [2.45, 2.75) is 133 Å². The lowest BCUT2D eigenvalue weighted by Crippen LogP contribution is -2.59. The summed E-state index contributed by atoms with van der Waals surface area (Å²) in [5.74, 6) is -2.13. The lowest BCUT2D eigenvalue weighted by atomic mass is 9.88. The van der Waals surface area contributed by atoms with E-state index in [0.29, 0.717) is 62.1 Å². The van der Waals surface area contributed by atoms with E-state index in [9.17, 15) is 36.4 Å². The third kappa shape index (κ3) is 8.57. The van der Waals surface area contributed by atoms with Crippen molar-refractivity contribution in [3.63, 3.8) is 0 Å². The number of nitrogens with one attached hydrogen (secondary N) is 3. The Morgan fingerprint density at radius 3 is 2.58 bits per heavy atom. The Labute approximate surface area is 348 Å². The Hall–Kier alpha value is -4.74. The van der Waals surface area contributed by atoms with Crippen LogP contribution in [0, 0.1) is 17.8 Å². The summed E-state index contributed by atoms with van der Waals surface area (Å²) in [6, 6.07) is 2.86. The number of hydrogen-bond donors (Lipinski definition) is 3. The van der Waals surface area contributed by atoms with E-state index >= 15 is 0 Å². The van der Waals surface area contributed by atoms with Crippen LogP contribution in [-0.4, -0.2) is 103 Å². The minimum atomic E-state index is -4.06. The van der Waals surface area contributed by atoms with Crippen LogP contribution in [0.3, 0.4) is 0 Å². The van der Waals surface area contributed by atoms with Gasteiger partial charge in [0, 0.05) is 23.3 Å². The summed E-state index contributed by atoms with van der Waals surface area (Å²) in [4.78, 5) is 62.8. The molecule has 7 rings (SSSR count). The summed E-state index contributed by atoms with van der Waals surface area (Å²) in [5.41, 5.74) is -2.89. The van der Waals surface area contributed by atoms with Crippen LogP contribution in [0.2, 0.25) is 0 Å². The van der Waals surface area contributed by atoms with Crippen molar-refractivity contribution < 1.29 is 55.3 Å². The predicted octanol–water partition coefficient (Wildman–Crippen LogP) is 4.94. The van der Waals surface area contributed by atoms with E-state index in [0.717, 1.165) is 31.2 Å². The summed E-state index contributed by atoms with van der Waals surface area (Å²) < 4.78 is 78.3. The van der Waals surface area contributed by atoms with E-state index < -0.39 is 86.2 Å². The second-order valence-corrected chi connectivity index (χ2v) is 20.1. The molecule has 328 valence electrons. The first-order valence-electron chi connectivity index (χ1n) is 20.7. The van der Waals surface area contributed by atoms with Crippen LogP contribution in [0.25, 0.3) is 10.8 Å². The molecule has 1 aromatic heterocycles. The van der Waals surface area contributed by atoms with Crippen LogP contribution in [0.1, 0.15) is 91.5 Å². The van der Waals surface area contributed by atoms with Gasteiger partial charge in [-0.25, -0.2) is 22.0 Å². The van der Waals surface area contributed by atoms with Gasteiger partial charge in [0.2, 0.25) is 33.6 Å². The molecule has 0 bridgehead atoms. The normalized spacial score (nSPS) is 29.6. The van der Waals surface area contributed by atoms with Crippen molar-refractivity contribution in [2.75, 3.05) is 20.3 Å². The molecule has 0 radical (unpaired) electrons. The monoisotopic (exact) mass is 859 g/mol. The third-order valence-electron chi connectivity index (χ3n) is 12.7. The number of fused-ring (bicyclic) bond motifs is 5. The topological polar surface area (TPSA) is 192 Å². The zero-order valence-electron chi connectivity index (χ0n) is 34.8. The molecule has 3 aliphatic heterocycles. The van der Waals surface area contributed by atoms with Gasteiger partial charge in [-0.2, -0.15) is 4.98 Å².